The second-order valence-electron chi connectivity index (χ2n) is 9.18. The molecule has 2 heterocycles. The Morgan fingerprint density at radius 3 is 2.59 bits per heavy atom. The van der Waals surface area contributed by atoms with Crippen LogP contribution in [0.1, 0.15) is 35.6 Å². The highest BCUT2D eigenvalue weighted by Crippen LogP contribution is 2.39. The first-order chi connectivity index (χ1) is 16.6. The molecule has 2 aromatic carbocycles. The van der Waals surface area contributed by atoms with Gasteiger partial charge in [0.05, 0.1) is 19.3 Å². The van der Waals surface area contributed by atoms with Gasteiger partial charge in [0.25, 0.3) is 5.91 Å². The number of rotatable bonds is 6. The summed E-state index contributed by atoms with van der Waals surface area (Å²) in [7, 11) is 0. The van der Waals surface area contributed by atoms with Crippen molar-refractivity contribution in [2.24, 2.45) is 0 Å². The molecule has 0 aromatic heterocycles. The number of imide groups is 1. The number of aryl methyl sites for hydroxylation is 1. The van der Waals surface area contributed by atoms with E-state index in [1.165, 1.54) is 0 Å². The van der Waals surface area contributed by atoms with Crippen LogP contribution < -0.4 is 10.6 Å². The highest BCUT2D eigenvalue weighted by Gasteiger charge is 2.54. The number of carbonyl (C=O) groups is 3. The zero-order chi connectivity index (χ0) is 23.5. The van der Waals surface area contributed by atoms with E-state index in [9.17, 15) is 14.4 Å². The average molecular weight is 463 g/mol. The maximum atomic E-state index is 13.5. The Kier molecular flexibility index (Phi) is 6.34. The fraction of sp³-hybridized carbons (Fsp3) is 0.423. The largest absolute Gasteiger partial charge is 0.379 e. The van der Waals surface area contributed by atoms with Crippen LogP contribution in [0.4, 0.5) is 4.79 Å². The van der Waals surface area contributed by atoms with Gasteiger partial charge in [-0.2, -0.15) is 0 Å². The number of urea groups is 1. The van der Waals surface area contributed by atoms with E-state index in [0.29, 0.717) is 26.2 Å². The fourth-order valence-electron chi connectivity index (χ4n) is 5.30. The van der Waals surface area contributed by atoms with E-state index in [-0.39, 0.29) is 24.4 Å². The summed E-state index contributed by atoms with van der Waals surface area (Å²) in [5, 5.41) is 5.98. The fourth-order valence-corrected chi connectivity index (χ4v) is 5.30. The maximum Gasteiger partial charge on any atom is 0.325 e. The number of amides is 4. The highest BCUT2D eigenvalue weighted by molar-refractivity contribution is 6.09. The van der Waals surface area contributed by atoms with E-state index in [4.69, 9.17) is 4.74 Å². The molecule has 2 fully saturated rings. The zero-order valence-electron chi connectivity index (χ0n) is 19.2. The zero-order valence-corrected chi connectivity index (χ0v) is 19.2. The lowest BCUT2D eigenvalue weighted by Crippen LogP contribution is -2.48. The third kappa shape index (κ3) is 4.31. The third-order valence-corrected chi connectivity index (χ3v) is 7.03. The van der Waals surface area contributed by atoms with Crippen molar-refractivity contribution in [3.63, 3.8) is 0 Å². The van der Waals surface area contributed by atoms with Gasteiger partial charge in [-0.1, -0.05) is 54.6 Å². The molecule has 8 heteroatoms. The Hall–Kier alpha value is -3.23. The first kappa shape index (κ1) is 22.6. The predicted molar refractivity (Wildman–Crippen MR) is 126 cm³/mol. The molecule has 5 rings (SSSR count). The molecule has 178 valence electrons. The van der Waals surface area contributed by atoms with Gasteiger partial charge in [-0.05, 0) is 36.0 Å². The molecule has 2 aliphatic heterocycles. The molecule has 8 nitrogen and oxygen atoms in total. The lowest BCUT2D eigenvalue weighted by atomic mass is 9.76. The van der Waals surface area contributed by atoms with Gasteiger partial charge in [0, 0.05) is 19.6 Å². The molecule has 0 bridgehead atoms. The molecule has 2 N–H and O–H groups in total. The first-order valence-corrected chi connectivity index (χ1v) is 11.9. The van der Waals surface area contributed by atoms with Gasteiger partial charge in [0.15, 0.2) is 0 Å². The van der Waals surface area contributed by atoms with Crippen molar-refractivity contribution in [2.45, 2.75) is 30.8 Å². The van der Waals surface area contributed by atoms with E-state index in [1.807, 2.05) is 54.6 Å². The Balaban J connectivity index is 1.31. The van der Waals surface area contributed by atoms with Crippen molar-refractivity contribution in [3.8, 4) is 0 Å². The van der Waals surface area contributed by atoms with Crippen molar-refractivity contribution >= 4 is 17.8 Å². The monoisotopic (exact) mass is 462 g/mol. The normalized spacial score (nSPS) is 23.5. The van der Waals surface area contributed by atoms with Crippen molar-refractivity contribution in [1.29, 1.82) is 0 Å². The van der Waals surface area contributed by atoms with E-state index in [1.54, 1.807) is 0 Å². The lowest BCUT2D eigenvalue weighted by molar-refractivity contribution is -0.136. The Labute approximate surface area is 199 Å². The minimum absolute atomic E-state index is 0.253. The van der Waals surface area contributed by atoms with Gasteiger partial charge in [-0.25, -0.2) is 4.79 Å². The quantitative estimate of drug-likeness (QED) is 0.641. The average Bonchev–Trinajstić information content (AvgIpc) is 3.09. The number of nitrogens with zero attached hydrogens (tertiary/aromatic N) is 2. The number of hydrogen-bond acceptors (Lipinski definition) is 5. The van der Waals surface area contributed by atoms with E-state index in [0.717, 1.165) is 47.5 Å². The van der Waals surface area contributed by atoms with Crippen molar-refractivity contribution in [3.05, 3.63) is 71.3 Å². The minimum atomic E-state index is -1.07. The van der Waals surface area contributed by atoms with Crippen LogP contribution in [0, 0.1) is 0 Å². The Morgan fingerprint density at radius 2 is 1.79 bits per heavy atom. The number of ether oxygens (including phenoxy) is 1. The SMILES string of the molecule is O=C(CN1C(=O)NC2(CCCc3ccccc32)C1=O)NC(CN1CCOCC1)c1ccccc1. The van der Waals surface area contributed by atoms with Crippen molar-refractivity contribution < 1.29 is 19.1 Å². The van der Waals surface area contributed by atoms with Crippen LogP contribution >= 0.6 is 0 Å². The molecule has 2 aromatic rings. The molecule has 2 unspecified atom stereocenters. The third-order valence-electron chi connectivity index (χ3n) is 7.03. The second kappa shape index (κ2) is 9.56. The smallest absolute Gasteiger partial charge is 0.325 e. The summed E-state index contributed by atoms with van der Waals surface area (Å²) in [5.41, 5.74) is 1.83. The van der Waals surface area contributed by atoms with Crippen LogP contribution in [0.3, 0.4) is 0 Å². The van der Waals surface area contributed by atoms with Gasteiger partial charge in [-0.15, -0.1) is 0 Å². The summed E-state index contributed by atoms with van der Waals surface area (Å²) in [6.45, 7) is 3.27. The van der Waals surface area contributed by atoms with Gasteiger partial charge in [-0.3, -0.25) is 19.4 Å². The van der Waals surface area contributed by atoms with E-state index < -0.39 is 11.6 Å². The number of nitrogens with one attached hydrogen (secondary N) is 2. The van der Waals surface area contributed by atoms with E-state index in [2.05, 4.69) is 15.5 Å². The van der Waals surface area contributed by atoms with Crippen LogP contribution in [0.5, 0.6) is 0 Å². The standard InChI is InChI=1S/C26H30N4O4/c31-23(27-22(20-8-2-1-3-9-20)17-29-13-15-34-16-14-29)18-30-24(32)26(28-25(30)33)12-6-10-19-7-4-5-11-21(19)26/h1-5,7-9,11,22H,6,10,12-18H2,(H,27,31)(H,28,33). The minimum Gasteiger partial charge on any atom is -0.379 e. The molecule has 1 spiro atoms. The van der Waals surface area contributed by atoms with Crippen LogP contribution in [0.2, 0.25) is 0 Å². The number of hydrogen-bond donors (Lipinski definition) is 2. The summed E-state index contributed by atoms with van der Waals surface area (Å²) >= 11 is 0. The van der Waals surface area contributed by atoms with Crippen molar-refractivity contribution in [1.82, 2.24) is 20.4 Å². The van der Waals surface area contributed by atoms with Crippen LogP contribution in [0.25, 0.3) is 0 Å². The van der Waals surface area contributed by atoms with Crippen LogP contribution in [-0.2, 0) is 26.3 Å². The Morgan fingerprint density at radius 1 is 1.06 bits per heavy atom. The van der Waals surface area contributed by atoms with Gasteiger partial charge in [0.2, 0.25) is 5.91 Å². The molecule has 3 aliphatic rings. The Bertz CT molecular complexity index is 1070. The molecular weight excluding hydrogens is 432 g/mol. The molecule has 0 saturated carbocycles. The van der Waals surface area contributed by atoms with Gasteiger partial charge >= 0.3 is 6.03 Å². The predicted octanol–water partition coefficient (Wildman–Crippen LogP) is 1.96. The summed E-state index contributed by atoms with van der Waals surface area (Å²) in [6, 6.07) is 16.7. The lowest BCUT2D eigenvalue weighted by Gasteiger charge is -2.33. The second-order valence-corrected chi connectivity index (χ2v) is 9.18. The van der Waals surface area contributed by atoms with Gasteiger partial charge < -0.3 is 15.4 Å². The molecule has 2 atom stereocenters. The summed E-state index contributed by atoms with van der Waals surface area (Å²) in [5.74, 6) is -0.698. The first-order valence-electron chi connectivity index (χ1n) is 11.9. The van der Waals surface area contributed by atoms with Crippen LogP contribution in [0.15, 0.2) is 54.6 Å². The van der Waals surface area contributed by atoms with Crippen molar-refractivity contribution in [2.75, 3.05) is 39.4 Å². The number of morpholine rings is 1. The number of benzene rings is 2. The van der Waals surface area contributed by atoms with Crippen LogP contribution in [-0.4, -0.2) is 67.0 Å². The summed E-state index contributed by atoms with van der Waals surface area (Å²) in [6.07, 6.45) is 2.22. The molecule has 0 radical (unpaired) electrons. The molecule has 2 saturated heterocycles. The number of carbonyl (C=O) groups excluding carboxylic acids is 3. The molecule has 34 heavy (non-hydrogen) atoms. The topological polar surface area (TPSA) is 91.0 Å². The van der Waals surface area contributed by atoms with Gasteiger partial charge in [0.1, 0.15) is 12.1 Å². The van der Waals surface area contributed by atoms with E-state index >= 15 is 0 Å². The molecule has 1 aliphatic carbocycles. The maximum absolute atomic E-state index is 13.5. The summed E-state index contributed by atoms with van der Waals surface area (Å²) in [4.78, 5) is 42.8. The highest BCUT2D eigenvalue weighted by atomic mass is 16.5. The number of fused-ring (bicyclic) bond motifs is 2. The molecular formula is C26H30N4O4. The summed E-state index contributed by atoms with van der Waals surface area (Å²) < 4.78 is 5.44. The molecule has 4 amide bonds.